The third-order valence-corrected chi connectivity index (χ3v) is 6.82. The van der Waals surface area contributed by atoms with E-state index in [9.17, 15) is 9.59 Å². The Morgan fingerprint density at radius 3 is 2.75 bits per heavy atom. The molecule has 148 valence electrons. The molecule has 2 fully saturated rings. The third-order valence-electron chi connectivity index (χ3n) is 5.84. The Kier molecular flexibility index (Phi) is 5.19. The fourth-order valence-electron chi connectivity index (χ4n) is 4.36. The Labute approximate surface area is 169 Å². The lowest BCUT2D eigenvalue weighted by molar-refractivity contribution is -0.139. The van der Waals surface area contributed by atoms with Gasteiger partial charge in [-0.05, 0) is 45.2 Å². The number of aryl methyl sites for hydroxylation is 2. The average molecular weight is 399 g/mol. The Morgan fingerprint density at radius 1 is 1.18 bits per heavy atom. The van der Waals surface area contributed by atoms with Gasteiger partial charge in [-0.3, -0.25) is 19.6 Å². The molecule has 4 heterocycles. The molecule has 0 saturated carbocycles. The van der Waals surface area contributed by atoms with Crippen LogP contribution in [0.1, 0.15) is 51.6 Å². The number of hydrogen-bond acceptors (Lipinski definition) is 5. The fraction of sp³-hybridized carbons (Fsp3) is 0.524. The number of carbonyl (C=O) groups excluding carboxylic acids is 2. The Hall–Kier alpha value is -2.28. The molecule has 2 amide bonds. The second kappa shape index (κ2) is 7.62. The van der Waals surface area contributed by atoms with Gasteiger partial charge < -0.3 is 9.80 Å². The van der Waals surface area contributed by atoms with E-state index >= 15 is 0 Å². The first-order chi connectivity index (χ1) is 13.4. The lowest BCUT2D eigenvalue weighted by atomic mass is 9.73. The van der Waals surface area contributed by atoms with Crippen LogP contribution in [0.15, 0.2) is 24.5 Å². The number of rotatable bonds is 3. The SMILES string of the molecule is Cc1cnc(CN2CC3(CCCN(C(=O)c4ccc(C)s4)C3)CCC2=O)cn1. The Balaban J connectivity index is 1.47. The summed E-state index contributed by atoms with van der Waals surface area (Å²) >= 11 is 1.56. The third kappa shape index (κ3) is 3.94. The first-order valence-electron chi connectivity index (χ1n) is 9.85. The summed E-state index contributed by atoms with van der Waals surface area (Å²) in [5.41, 5.74) is 1.68. The van der Waals surface area contributed by atoms with Crippen LogP contribution in [-0.4, -0.2) is 51.2 Å². The highest BCUT2D eigenvalue weighted by atomic mass is 32.1. The van der Waals surface area contributed by atoms with Crippen molar-refractivity contribution < 1.29 is 9.59 Å². The highest BCUT2D eigenvalue weighted by Gasteiger charge is 2.43. The van der Waals surface area contributed by atoms with Crippen LogP contribution in [0.5, 0.6) is 0 Å². The second-order valence-electron chi connectivity index (χ2n) is 8.14. The van der Waals surface area contributed by atoms with Gasteiger partial charge in [0, 0.05) is 42.5 Å². The molecule has 1 spiro atoms. The molecule has 0 aliphatic carbocycles. The minimum absolute atomic E-state index is 0.00769. The molecule has 1 unspecified atom stereocenters. The van der Waals surface area contributed by atoms with Gasteiger partial charge in [0.25, 0.3) is 5.91 Å². The van der Waals surface area contributed by atoms with Crippen molar-refractivity contribution in [3.05, 3.63) is 45.7 Å². The highest BCUT2D eigenvalue weighted by molar-refractivity contribution is 7.13. The molecule has 0 aromatic carbocycles. The topological polar surface area (TPSA) is 66.4 Å². The summed E-state index contributed by atoms with van der Waals surface area (Å²) in [4.78, 5) is 40.0. The predicted octanol–water partition coefficient (Wildman–Crippen LogP) is 3.20. The lowest BCUT2D eigenvalue weighted by Gasteiger charge is -2.48. The molecule has 2 aliphatic rings. The number of carbonyl (C=O) groups is 2. The van der Waals surface area contributed by atoms with Crippen molar-refractivity contribution in [2.24, 2.45) is 5.41 Å². The summed E-state index contributed by atoms with van der Waals surface area (Å²) in [5, 5.41) is 0. The van der Waals surface area contributed by atoms with Gasteiger partial charge in [-0.25, -0.2) is 0 Å². The van der Waals surface area contributed by atoms with Crippen molar-refractivity contribution in [2.45, 2.75) is 46.1 Å². The molecule has 28 heavy (non-hydrogen) atoms. The van der Waals surface area contributed by atoms with E-state index in [1.807, 2.05) is 35.8 Å². The zero-order valence-electron chi connectivity index (χ0n) is 16.5. The maximum atomic E-state index is 12.9. The minimum atomic E-state index is -0.00769. The van der Waals surface area contributed by atoms with Crippen LogP contribution in [0.2, 0.25) is 0 Å². The molecule has 6 nitrogen and oxygen atoms in total. The zero-order valence-corrected chi connectivity index (χ0v) is 17.3. The maximum absolute atomic E-state index is 12.9. The number of hydrogen-bond donors (Lipinski definition) is 0. The molecule has 2 aliphatic heterocycles. The second-order valence-corrected chi connectivity index (χ2v) is 9.43. The summed E-state index contributed by atoms with van der Waals surface area (Å²) in [6.45, 7) is 6.64. The van der Waals surface area contributed by atoms with Crippen LogP contribution in [0.4, 0.5) is 0 Å². The molecule has 4 rings (SSSR count). The monoisotopic (exact) mass is 398 g/mol. The largest absolute Gasteiger partial charge is 0.337 e. The lowest BCUT2D eigenvalue weighted by Crippen LogP contribution is -2.54. The quantitative estimate of drug-likeness (QED) is 0.796. The standard InChI is InChI=1S/C21H26N4O2S/c1-15-10-23-17(11-22-15)12-25-14-21(8-6-19(25)26)7-3-9-24(13-21)20(27)18-5-4-16(2)28-18/h4-5,10-11H,3,6-9,12-14H2,1-2H3. The summed E-state index contributed by atoms with van der Waals surface area (Å²) in [6.07, 6.45) is 6.93. The zero-order chi connectivity index (χ0) is 19.7. The summed E-state index contributed by atoms with van der Waals surface area (Å²) in [7, 11) is 0. The van der Waals surface area contributed by atoms with Crippen LogP contribution < -0.4 is 0 Å². The Bertz CT molecular complexity index is 879. The molecular weight excluding hydrogens is 372 g/mol. The van der Waals surface area contributed by atoms with Gasteiger partial charge in [-0.1, -0.05) is 0 Å². The predicted molar refractivity (Wildman–Crippen MR) is 108 cm³/mol. The average Bonchev–Trinajstić information content (AvgIpc) is 3.13. The summed E-state index contributed by atoms with van der Waals surface area (Å²) in [6, 6.07) is 3.93. The van der Waals surface area contributed by atoms with E-state index in [-0.39, 0.29) is 17.2 Å². The van der Waals surface area contributed by atoms with Crippen LogP contribution >= 0.6 is 11.3 Å². The molecule has 0 radical (unpaired) electrons. The molecule has 0 bridgehead atoms. The highest BCUT2D eigenvalue weighted by Crippen LogP contribution is 2.39. The number of nitrogens with zero attached hydrogens (tertiary/aromatic N) is 4. The number of aromatic nitrogens is 2. The molecular formula is C21H26N4O2S. The van der Waals surface area contributed by atoms with E-state index in [1.165, 1.54) is 0 Å². The van der Waals surface area contributed by atoms with Gasteiger partial charge in [-0.15, -0.1) is 11.3 Å². The van der Waals surface area contributed by atoms with E-state index < -0.39 is 0 Å². The molecule has 0 N–H and O–H groups in total. The number of piperidine rings is 2. The normalized spacial score (nSPS) is 22.7. The van der Waals surface area contributed by atoms with Gasteiger partial charge in [0.15, 0.2) is 0 Å². The molecule has 2 aromatic heterocycles. The van der Waals surface area contributed by atoms with E-state index in [0.717, 1.165) is 53.5 Å². The maximum Gasteiger partial charge on any atom is 0.263 e. The van der Waals surface area contributed by atoms with Gasteiger partial charge in [0.2, 0.25) is 5.91 Å². The van der Waals surface area contributed by atoms with Crippen molar-refractivity contribution in [1.82, 2.24) is 19.8 Å². The fourth-order valence-corrected chi connectivity index (χ4v) is 5.20. The number of amides is 2. The number of likely N-dealkylation sites (tertiary alicyclic amines) is 2. The van der Waals surface area contributed by atoms with Crippen LogP contribution in [0.25, 0.3) is 0 Å². The molecule has 1 atom stereocenters. The number of thiophene rings is 1. The van der Waals surface area contributed by atoms with E-state index in [0.29, 0.717) is 19.5 Å². The van der Waals surface area contributed by atoms with E-state index in [1.54, 1.807) is 23.7 Å². The van der Waals surface area contributed by atoms with Crippen molar-refractivity contribution in [1.29, 1.82) is 0 Å². The van der Waals surface area contributed by atoms with Crippen LogP contribution in [-0.2, 0) is 11.3 Å². The molecule has 7 heteroatoms. The van der Waals surface area contributed by atoms with Gasteiger partial charge in [0.05, 0.1) is 29.0 Å². The first kappa shape index (κ1) is 19.1. The van der Waals surface area contributed by atoms with E-state index in [2.05, 4.69) is 9.97 Å². The van der Waals surface area contributed by atoms with Crippen molar-refractivity contribution in [3.8, 4) is 0 Å². The molecule has 2 aromatic rings. The van der Waals surface area contributed by atoms with Crippen molar-refractivity contribution in [2.75, 3.05) is 19.6 Å². The van der Waals surface area contributed by atoms with Crippen molar-refractivity contribution >= 4 is 23.2 Å². The smallest absolute Gasteiger partial charge is 0.263 e. The van der Waals surface area contributed by atoms with Gasteiger partial charge in [0.1, 0.15) is 0 Å². The van der Waals surface area contributed by atoms with Gasteiger partial charge in [-0.2, -0.15) is 0 Å². The van der Waals surface area contributed by atoms with Crippen LogP contribution in [0.3, 0.4) is 0 Å². The van der Waals surface area contributed by atoms with Crippen LogP contribution in [0, 0.1) is 19.3 Å². The van der Waals surface area contributed by atoms with Crippen molar-refractivity contribution in [3.63, 3.8) is 0 Å². The Morgan fingerprint density at radius 2 is 2.04 bits per heavy atom. The molecule has 2 saturated heterocycles. The summed E-state index contributed by atoms with van der Waals surface area (Å²) < 4.78 is 0. The van der Waals surface area contributed by atoms with E-state index in [4.69, 9.17) is 0 Å². The van der Waals surface area contributed by atoms with Gasteiger partial charge >= 0.3 is 0 Å². The minimum Gasteiger partial charge on any atom is -0.337 e. The first-order valence-corrected chi connectivity index (χ1v) is 10.7. The summed E-state index contributed by atoms with van der Waals surface area (Å²) in [5.74, 6) is 0.301.